The Balaban J connectivity index is 1.88. The van der Waals surface area contributed by atoms with Gasteiger partial charge in [-0.2, -0.15) is 0 Å². The van der Waals surface area contributed by atoms with Gasteiger partial charge >= 0.3 is 0 Å². The van der Waals surface area contributed by atoms with Crippen LogP contribution in [0, 0.1) is 5.92 Å². The molecule has 1 aromatic carbocycles. The van der Waals surface area contributed by atoms with E-state index in [-0.39, 0.29) is 0 Å². The number of nitrogens with zero attached hydrogens (tertiary/aromatic N) is 1. The van der Waals surface area contributed by atoms with Crippen molar-refractivity contribution in [2.45, 2.75) is 26.3 Å². The van der Waals surface area contributed by atoms with E-state index >= 15 is 0 Å². The molecule has 2 rings (SSSR count). The van der Waals surface area contributed by atoms with Crippen molar-refractivity contribution in [3.63, 3.8) is 0 Å². The van der Waals surface area contributed by atoms with Gasteiger partial charge in [0.2, 0.25) is 0 Å². The second-order valence-corrected chi connectivity index (χ2v) is 5.61. The summed E-state index contributed by atoms with van der Waals surface area (Å²) in [6.45, 7) is 7.90. The molecule has 0 saturated carbocycles. The summed E-state index contributed by atoms with van der Waals surface area (Å²) in [6.07, 6.45) is 2.68. The molecule has 0 aliphatic carbocycles. The molecule has 0 spiro atoms. The summed E-state index contributed by atoms with van der Waals surface area (Å²) >= 11 is 6.03. The zero-order valence-corrected chi connectivity index (χ0v) is 11.9. The standard InChI is InChI=1S/C15H23ClN2/c1-2-18(12-14-6-4-8-17-10-14)11-13-5-3-7-15(16)9-13/h3,5,7,9,14,17H,2,4,6,8,10-12H2,1H3. The van der Waals surface area contributed by atoms with E-state index < -0.39 is 0 Å². The lowest BCUT2D eigenvalue weighted by molar-refractivity contribution is 0.209. The Bertz CT molecular complexity index is 361. The molecule has 1 aliphatic rings. The Labute approximate surface area is 115 Å². The summed E-state index contributed by atoms with van der Waals surface area (Å²) < 4.78 is 0. The second kappa shape index (κ2) is 7.13. The second-order valence-electron chi connectivity index (χ2n) is 5.17. The highest BCUT2D eigenvalue weighted by Gasteiger charge is 2.16. The number of piperidine rings is 1. The highest BCUT2D eigenvalue weighted by molar-refractivity contribution is 6.30. The molecular formula is C15H23ClN2. The van der Waals surface area contributed by atoms with Crippen LogP contribution in [0.15, 0.2) is 24.3 Å². The fourth-order valence-corrected chi connectivity index (χ4v) is 2.86. The zero-order valence-electron chi connectivity index (χ0n) is 11.2. The first-order chi connectivity index (χ1) is 8.78. The summed E-state index contributed by atoms with van der Waals surface area (Å²) in [4.78, 5) is 2.52. The van der Waals surface area contributed by atoms with E-state index in [4.69, 9.17) is 11.6 Å². The smallest absolute Gasteiger partial charge is 0.0409 e. The Hall–Kier alpha value is -0.570. The van der Waals surface area contributed by atoms with Gasteiger partial charge in [0.15, 0.2) is 0 Å². The van der Waals surface area contributed by atoms with Crippen LogP contribution in [-0.4, -0.2) is 31.1 Å². The number of halogens is 1. The third kappa shape index (κ3) is 4.27. The minimum absolute atomic E-state index is 0.804. The quantitative estimate of drug-likeness (QED) is 0.881. The Kier molecular flexibility index (Phi) is 5.48. The SMILES string of the molecule is CCN(Cc1cccc(Cl)c1)CC1CCCNC1. The molecule has 1 heterocycles. The van der Waals surface area contributed by atoms with Crippen LogP contribution in [0.1, 0.15) is 25.3 Å². The lowest BCUT2D eigenvalue weighted by Gasteiger charge is -2.29. The predicted octanol–water partition coefficient (Wildman–Crippen LogP) is 3.16. The van der Waals surface area contributed by atoms with Crippen molar-refractivity contribution < 1.29 is 0 Å². The zero-order chi connectivity index (χ0) is 12.8. The minimum Gasteiger partial charge on any atom is -0.316 e. The highest BCUT2D eigenvalue weighted by atomic mass is 35.5. The predicted molar refractivity (Wildman–Crippen MR) is 78.0 cm³/mol. The molecule has 1 aliphatic heterocycles. The fraction of sp³-hybridized carbons (Fsp3) is 0.600. The first kappa shape index (κ1) is 13.9. The maximum atomic E-state index is 6.03. The minimum atomic E-state index is 0.804. The first-order valence-electron chi connectivity index (χ1n) is 6.95. The monoisotopic (exact) mass is 266 g/mol. The van der Waals surface area contributed by atoms with Crippen molar-refractivity contribution in [3.8, 4) is 0 Å². The highest BCUT2D eigenvalue weighted by Crippen LogP contribution is 2.16. The number of hydrogen-bond acceptors (Lipinski definition) is 2. The van der Waals surface area contributed by atoms with Crippen LogP contribution < -0.4 is 5.32 Å². The normalized spacial score (nSPS) is 20.3. The van der Waals surface area contributed by atoms with Gasteiger partial charge in [-0.3, -0.25) is 4.90 Å². The van der Waals surface area contributed by atoms with Crippen LogP contribution in [0.3, 0.4) is 0 Å². The van der Waals surface area contributed by atoms with Crippen molar-refractivity contribution in [3.05, 3.63) is 34.9 Å². The summed E-state index contributed by atoms with van der Waals surface area (Å²) in [5, 5.41) is 4.33. The van der Waals surface area contributed by atoms with Crippen molar-refractivity contribution in [1.82, 2.24) is 10.2 Å². The summed E-state index contributed by atoms with van der Waals surface area (Å²) in [7, 11) is 0. The van der Waals surface area contributed by atoms with Crippen LogP contribution in [0.5, 0.6) is 0 Å². The molecule has 1 unspecified atom stereocenters. The van der Waals surface area contributed by atoms with Gasteiger partial charge < -0.3 is 5.32 Å². The van der Waals surface area contributed by atoms with Crippen molar-refractivity contribution in [2.75, 3.05) is 26.2 Å². The molecular weight excluding hydrogens is 244 g/mol. The molecule has 0 aromatic heterocycles. The first-order valence-corrected chi connectivity index (χ1v) is 7.33. The van der Waals surface area contributed by atoms with Crippen molar-refractivity contribution in [1.29, 1.82) is 0 Å². The van der Waals surface area contributed by atoms with Crippen LogP contribution in [0.2, 0.25) is 5.02 Å². The molecule has 0 radical (unpaired) electrons. The molecule has 0 bridgehead atoms. The van der Waals surface area contributed by atoms with E-state index in [0.717, 1.165) is 24.0 Å². The Morgan fingerprint density at radius 2 is 2.33 bits per heavy atom. The number of hydrogen-bond donors (Lipinski definition) is 1. The van der Waals surface area contributed by atoms with Gasteiger partial charge in [0, 0.05) is 18.1 Å². The number of nitrogens with one attached hydrogen (secondary N) is 1. The summed E-state index contributed by atoms with van der Waals surface area (Å²) in [6, 6.07) is 8.21. The van der Waals surface area contributed by atoms with E-state index in [1.807, 2.05) is 12.1 Å². The molecule has 1 N–H and O–H groups in total. The maximum absolute atomic E-state index is 6.03. The van der Waals surface area contributed by atoms with Gasteiger partial charge in [0.05, 0.1) is 0 Å². The van der Waals surface area contributed by atoms with Gasteiger partial charge in [0.25, 0.3) is 0 Å². The average molecular weight is 267 g/mol. The third-order valence-electron chi connectivity index (χ3n) is 3.66. The topological polar surface area (TPSA) is 15.3 Å². The van der Waals surface area contributed by atoms with Gasteiger partial charge in [-0.05, 0) is 56.1 Å². The molecule has 2 nitrogen and oxygen atoms in total. The Morgan fingerprint density at radius 1 is 1.44 bits per heavy atom. The van der Waals surface area contributed by atoms with E-state index in [9.17, 15) is 0 Å². The molecule has 3 heteroatoms. The van der Waals surface area contributed by atoms with Gasteiger partial charge in [-0.1, -0.05) is 30.7 Å². The van der Waals surface area contributed by atoms with Gasteiger partial charge in [0.1, 0.15) is 0 Å². The molecule has 1 fully saturated rings. The average Bonchev–Trinajstić information content (AvgIpc) is 2.39. The molecule has 0 amide bonds. The van der Waals surface area contributed by atoms with E-state index in [1.54, 1.807) is 0 Å². The maximum Gasteiger partial charge on any atom is 0.0409 e. The lowest BCUT2D eigenvalue weighted by atomic mass is 9.99. The van der Waals surface area contributed by atoms with Gasteiger partial charge in [-0.25, -0.2) is 0 Å². The molecule has 1 atom stereocenters. The summed E-state index contributed by atoms with van der Waals surface area (Å²) in [5.41, 5.74) is 1.31. The van der Waals surface area contributed by atoms with E-state index in [0.29, 0.717) is 0 Å². The van der Waals surface area contributed by atoms with E-state index in [2.05, 4.69) is 29.3 Å². The molecule has 18 heavy (non-hydrogen) atoms. The third-order valence-corrected chi connectivity index (χ3v) is 3.89. The van der Waals surface area contributed by atoms with Crippen LogP contribution >= 0.6 is 11.6 Å². The largest absolute Gasteiger partial charge is 0.316 e. The number of rotatable bonds is 5. The van der Waals surface area contributed by atoms with Crippen LogP contribution in [-0.2, 0) is 6.54 Å². The number of benzene rings is 1. The fourth-order valence-electron chi connectivity index (χ4n) is 2.64. The van der Waals surface area contributed by atoms with Gasteiger partial charge in [-0.15, -0.1) is 0 Å². The van der Waals surface area contributed by atoms with Crippen LogP contribution in [0.4, 0.5) is 0 Å². The van der Waals surface area contributed by atoms with Crippen molar-refractivity contribution in [2.24, 2.45) is 5.92 Å². The lowest BCUT2D eigenvalue weighted by Crippen LogP contribution is -2.38. The van der Waals surface area contributed by atoms with E-state index in [1.165, 1.54) is 38.0 Å². The molecule has 1 aromatic rings. The molecule has 1 saturated heterocycles. The Morgan fingerprint density at radius 3 is 3.00 bits per heavy atom. The summed E-state index contributed by atoms with van der Waals surface area (Å²) in [5.74, 6) is 0.804. The molecule has 100 valence electrons. The van der Waals surface area contributed by atoms with Crippen molar-refractivity contribution >= 4 is 11.6 Å². The van der Waals surface area contributed by atoms with Crippen LogP contribution in [0.25, 0.3) is 0 Å².